The molecule has 8 nitrogen and oxygen atoms in total. The molecule has 0 spiro atoms. The molecule has 31 heavy (non-hydrogen) atoms. The summed E-state index contributed by atoms with van der Waals surface area (Å²) in [4.78, 5) is 21.7. The van der Waals surface area contributed by atoms with Gasteiger partial charge in [-0.15, -0.1) is 0 Å². The molecule has 0 saturated carbocycles. The molecule has 0 aliphatic rings. The van der Waals surface area contributed by atoms with E-state index in [4.69, 9.17) is 10.5 Å². The zero-order valence-corrected chi connectivity index (χ0v) is 19.5. The van der Waals surface area contributed by atoms with Gasteiger partial charge in [-0.3, -0.25) is 14.9 Å². The number of sulfone groups is 1. The van der Waals surface area contributed by atoms with Crippen molar-refractivity contribution in [1.82, 2.24) is 0 Å². The number of ether oxygens (including phenoxy) is 1. The van der Waals surface area contributed by atoms with Gasteiger partial charge in [-0.1, -0.05) is 35.0 Å². The number of halogens is 2. The molecule has 2 aromatic rings. The first-order valence-corrected chi connectivity index (χ1v) is 11.5. The summed E-state index contributed by atoms with van der Waals surface area (Å²) in [6.07, 6.45) is 0. The summed E-state index contributed by atoms with van der Waals surface area (Å²) in [6, 6.07) is 8.94. The van der Waals surface area contributed by atoms with Gasteiger partial charge in [0.05, 0.1) is 17.3 Å². The van der Waals surface area contributed by atoms with Crippen LogP contribution in [0.15, 0.2) is 51.8 Å². The van der Waals surface area contributed by atoms with Crippen LogP contribution in [0.1, 0.15) is 26.3 Å². The Bertz CT molecular complexity index is 1120. The molecule has 0 aliphatic carbocycles. The van der Waals surface area contributed by atoms with Crippen molar-refractivity contribution < 1.29 is 27.3 Å². The molecule has 0 unspecified atom stereocenters. The summed E-state index contributed by atoms with van der Waals surface area (Å²) in [5.41, 5.74) is 1.78. The molecule has 0 bridgehead atoms. The van der Waals surface area contributed by atoms with Gasteiger partial charge < -0.3 is 10.5 Å². The van der Waals surface area contributed by atoms with Crippen LogP contribution >= 0.6 is 15.9 Å². The van der Waals surface area contributed by atoms with E-state index in [9.17, 15) is 27.7 Å². The van der Waals surface area contributed by atoms with E-state index in [2.05, 4.69) is 15.9 Å². The Morgan fingerprint density at radius 3 is 2.42 bits per heavy atom. The number of nitro groups is 1. The van der Waals surface area contributed by atoms with Gasteiger partial charge in [0.15, 0.2) is 9.84 Å². The fraction of sp³-hybridized carbons (Fsp3) is 0.350. The normalized spacial score (nSPS) is 14.1. The van der Waals surface area contributed by atoms with Crippen LogP contribution in [0.25, 0.3) is 0 Å². The minimum atomic E-state index is -4.28. The summed E-state index contributed by atoms with van der Waals surface area (Å²) in [7, 11) is -4.28. The highest BCUT2D eigenvalue weighted by Crippen LogP contribution is 2.35. The SMILES string of the molecule is CC(C)(OC[C@](C)(CS(=O)(=O)c1ccccc1[N+](=O)[O-])c1cc(Br)ccc1F)C(N)=O. The van der Waals surface area contributed by atoms with E-state index in [0.29, 0.717) is 4.47 Å². The summed E-state index contributed by atoms with van der Waals surface area (Å²) >= 11 is 3.24. The highest BCUT2D eigenvalue weighted by atomic mass is 79.9. The van der Waals surface area contributed by atoms with Crippen LogP contribution in [0, 0.1) is 15.9 Å². The van der Waals surface area contributed by atoms with Crippen molar-refractivity contribution in [3.05, 3.63) is 68.4 Å². The molecule has 0 fully saturated rings. The highest BCUT2D eigenvalue weighted by Gasteiger charge is 2.40. The Morgan fingerprint density at radius 2 is 1.84 bits per heavy atom. The predicted octanol–water partition coefficient (Wildman–Crippen LogP) is 3.51. The highest BCUT2D eigenvalue weighted by molar-refractivity contribution is 9.10. The Hall–Kier alpha value is -2.37. The molecule has 0 aromatic heterocycles. The predicted molar refractivity (Wildman–Crippen MR) is 116 cm³/mol. The zero-order chi connectivity index (χ0) is 23.6. The van der Waals surface area contributed by atoms with Crippen molar-refractivity contribution in [2.24, 2.45) is 5.73 Å². The first-order chi connectivity index (χ1) is 14.2. The number of nitro benzene ring substituents is 1. The smallest absolute Gasteiger partial charge is 0.287 e. The largest absolute Gasteiger partial charge is 0.367 e. The fourth-order valence-corrected chi connectivity index (χ4v) is 5.28. The van der Waals surface area contributed by atoms with Crippen molar-refractivity contribution in [3.63, 3.8) is 0 Å². The van der Waals surface area contributed by atoms with Gasteiger partial charge in [-0.05, 0) is 43.7 Å². The number of hydrogen-bond donors (Lipinski definition) is 1. The van der Waals surface area contributed by atoms with Crippen LogP contribution in [0.5, 0.6) is 0 Å². The molecule has 11 heteroatoms. The number of carbonyl (C=O) groups is 1. The molecule has 0 aliphatic heterocycles. The lowest BCUT2D eigenvalue weighted by Gasteiger charge is -2.33. The number of primary amides is 1. The lowest BCUT2D eigenvalue weighted by molar-refractivity contribution is -0.387. The molecule has 2 aromatic carbocycles. The first kappa shape index (κ1) is 24.9. The molecule has 168 valence electrons. The molecule has 1 atom stereocenters. The van der Waals surface area contributed by atoms with Gasteiger partial charge in [-0.25, -0.2) is 12.8 Å². The molecule has 0 radical (unpaired) electrons. The topological polar surface area (TPSA) is 130 Å². The fourth-order valence-electron chi connectivity index (χ4n) is 2.94. The van der Waals surface area contributed by atoms with Crippen molar-refractivity contribution >= 4 is 37.4 Å². The Morgan fingerprint density at radius 1 is 1.23 bits per heavy atom. The van der Waals surface area contributed by atoms with E-state index < -0.39 is 60.4 Å². The van der Waals surface area contributed by atoms with Gasteiger partial charge in [0, 0.05) is 16.0 Å². The van der Waals surface area contributed by atoms with Gasteiger partial charge in [0.1, 0.15) is 16.3 Å². The number of benzene rings is 2. The molecule has 2 N–H and O–H groups in total. The Balaban J connectivity index is 2.59. The van der Waals surface area contributed by atoms with E-state index in [-0.39, 0.29) is 5.56 Å². The average molecular weight is 517 g/mol. The van der Waals surface area contributed by atoms with E-state index in [1.165, 1.54) is 45.0 Å². The standard InChI is InChI=1S/C20H22BrFN2O6S/c1-19(2,18(23)25)30-11-20(3,14-10-13(21)8-9-15(14)22)12-31(28,29)17-7-5-4-6-16(17)24(26)27/h4-10H,11-12H2,1-3H3,(H2,23,25)/t20-/m1/s1. The van der Waals surface area contributed by atoms with E-state index in [0.717, 1.165) is 18.2 Å². The average Bonchev–Trinajstić information content (AvgIpc) is 2.68. The van der Waals surface area contributed by atoms with Crippen LogP contribution in [-0.4, -0.2) is 37.2 Å². The van der Waals surface area contributed by atoms with Gasteiger partial charge in [-0.2, -0.15) is 0 Å². The number of nitrogens with two attached hydrogens (primary N) is 1. The number of nitrogens with zero attached hydrogens (tertiary/aromatic N) is 1. The number of carbonyl (C=O) groups excluding carboxylic acids is 1. The number of hydrogen-bond acceptors (Lipinski definition) is 6. The van der Waals surface area contributed by atoms with Gasteiger partial charge in [0.25, 0.3) is 5.69 Å². The molecule has 2 rings (SSSR count). The lowest BCUT2D eigenvalue weighted by Crippen LogP contribution is -2.46. The van der Waals surface area contributed by atoms with Crippen molar-refractivity contribution in [2.75, 3.05) is 12.4 Å². The Kier molecular flexibility index (Phi) is 7.24. The number of amides is 1. The maximum absolute atomic E-state index is 14.8. The van der Waals surface area contributed by atoms with E-state index in [1.807, 2.05) is 0 Å². The van der Waals surface area contributed by atoms with Crippen LogP contribution in [0.3, 0.4) is 0 Å². The summed E-state index contributed by atoms with van der Waals surface area (Å²) in [6.45, 7) is 3.87. The zero-order valence-electron chi connectivity index (χ0n) is 17.1. The number of rotatable bonds is 9. The molecule has 1 amide bonds. The summed E-state index contributed by atoms with van der Waals surface area (Å²) in [5.74, 6) is -2.19. The third kappa shape index (κ3) is 5.66. The quantitative estimate of drug-likeness (QED) is 0.400. The second kappa shape index (κ2) is 9.01. The van der Waals surface area contributed by atoms with E-state index in [1.54, 1.807) is 0 Å². The van der Waals surface area contributed by atoms with Crippen LogP contribution < -0.4 is 5.73 Å². The van der Waals surface area contributed by atoms with Crippen LogP contribution in [0.2, 0.25) is 0 Å². The third-order valence-electron chi connectivity index (χ3n) is 4.83. The number of para-hydroxylation sites is 1. The second-order valence-electron chi connectivity index (χ2n) is 7.83. The van der Waals surface area contributed by atoms with Gasteiger partial charge >= 0.3 is 0 Å². The molecular formula is C20H22BrFN2O6S. The van der Waals surface area contributed by atoms with Gasteiger partial charge in [0.2, 0.25) is 5.91 Å². The lowest BCUT2D eigenvalue weighted by atomic mass is 9.84. The van der Waals surface area contributed by atoms with Crippen LogP contribution in [-0.2, 0) is 24.8 Å². The summed E-state index contributed by atoms with van der Waals surface area (Å²) in [5, 5.41) is 11.3. The molecule has 0 heterocycles. The first-order valence-electron chi connectivity index (χ1n) is 9.05. The molecule has 0 saturated heterocycles. The maximum atomic E-state index is 14.8. The third-order valence-corrected chi connectivity index (χ3v) is 7.35. The summed E-state index contributed by atoms with van der Waals surface area (Å²) < 4.78 is 47.3. The van der Waals surface area contributed by atoms with Crippen molar-refractivity contribution in [3.8, 4) is 0 Å². The molecular weight excluding hydrogens is 495 g/mol. The van der Waals surface area contributed by atoms with Crippen molar-refractivity contribution in [1.29, 1.82) is 0 Å². The van der Waals surface area contributed by atoms with Crippen molar-refractivity contribution in [2.45, 2.75) is 36.7 Å². The minimum absolute atomic E-state index is 0.00399. The Labute approximate surface area is 187 Å². The minimum Gasteiger partial charge on any atom is -0.367 e. The van der Waals surface area contributed by atoms with E-state index >= 15 is 0 Å². The van der Waals surface area contributed by atoms with Crippen LogP contribution in [0.4, 0.5) is 10.1 Å². The maximum Gasteiger partial charge on any atom is 0.287 e. The monoisotopic (exact) mass is 516 g/mol. The second-order valence-corrected chi connectivity index (χ2v) is 10.7.